The lowest BCUT2D eigenvalue weighted by atomic mass is 9.69. The normalized spacial score (nSPS) is 15.0. The summed E-state index contributed by atoms with van der Waals surface area (Å²) in [7, 11) is 0. The Morgan fingerprint density at radius 2 is 1.53 bits per heavy atom. The van der Waals surface area contributed by atoms with Crippen LogP contribution < -0.4 is 4.74 Å². The molecule has 3 heterocycles. The van der Waals surface area contributed by atoms with Crippen LogP contribution in [0.15, 0.2) is 91.0 Å². The Labute approximate surface area is 250 Å². The SMILES string of the molecule is CC(C)(C)N(C(=O)O)C1(c2ccc(-c3nc4c(cc3-c3ccccc3)-n3c(nnc3-c3ccccc3)CO4)cc2)CCC1. The van der Waals surface area contributed by atoms with Crippen molar-refractivity contribution in [1.29, 1.82) is 0 Å². The third-order valence-corrected chi connectivity index (χ3v) is 8.56. The van der Waals surface area contributed by atoms with Crippen molar-refractivity contribution in [2.24, 2.45) is 0 Å². The van der Waals surface area contributed by atoms with Crippen molar-refractivity contribution in [2.45, 2.75) is 57.7 Å². The molecule has 8 nitrogen and oxygen atoms in total. The molecule has 1 N–H and O–H groups in total. The van der Waals surface area contributed by atoms with E-state index in [1.54, 1.807) is 4.90 Å². The summed E-state index contributed by atoms with van der Waals surface area (Å²) in [5.41, 5.74) is 5.41. The fourth-order valence-corrected chi connectivity index (χ4v) is 6.58. The number of hydrogen-bond acceptors (Lipinski definition) is 5. The van der Waals surface area contributed by atoms with Gasteiger partial charge in [0.05, 0.1) is 11.2 Å². The standard InChI is InChI=1S/C35H33N5O3/c1-34(2,3)40(33(41)42)35(19-10-20-35)26-17-15-24(16-18-26)30-27(23-11-6-4-7-12-23)21-28-32(36-30)43-22-29-37-38-31(39(28)29)25-13-8-5-9-14-25/h4-9,11-18,21H,10,19-20,22H2,1-3H3,(H,41,42). The van der Waals surface area contributed by atoms with E-state index in [1.807, 2.05) is 73.9 Å². The average Bonchev–Trinajstić information content (AvgIpc) is 3.43. The molecule has 3 aromatic carbocycles. The molecule has 0 atom stereocenters. The van der Waals surface area contributed by atoms with Gasteiger partial charge in [0, 0.05) is 22.2 Å². The van der Waals surface area contributed by atoms with Gasteiger partial charge in [-0.3, -0.25) is 9.47 Å². The van der Waals surface area contributed by atoms with E-state index < -0.39 is 17.2 Å². The van der Waals surface area contributed by atoms with Gasteiger partial charge in [-0.15, -0.1) is 10.2 Å². The molecule has 1 saturated carbocycles. The van der Waals surface area contributed by atoms with Crippen LogP contribution >= 0.6 is 0 Å². The predicted octanol–water partition coefficient (Wildman–Crippen LogP) is 7.71. The highest BCUT2D eigenvalue weighted by atomic mass is 16.5. The molecule has 8 heteroatoms. The summed E-state index contributed by atoms with van der Waals surface area (Å²) in [6, 6.07) is 30.6. The molecule has 1 fully saturated rings. The molecule has 2 aromatic heterocycles. The number of nitrogens with zero attached hydrogens (tertiary/aromatic N) is 5. The smallest absolute Gasteiger partial charge is 0.408 e. The van der Waals surface area contributed by atoms with Gasteiger partial charge in [0.2, 0.25) is 5.88 Å². The Hall–Kier alpha value is -4.98. The molecule has 0 saturated heterocycles. The number of carbonyl (C=O) groups is 1. The van der Waals surface area contributed by atoms with Gasteiger partial charge in [0.25, 0.3) is 0 Å². The summed E-state index contributed by atoms with van der Waals surface area (Å²) in [5.74, 6) is 1.98. The maximum absolute atomic E-state index is 12.5. The zero-order valence-electron chi connectivity index (χ0n) is 24.5. The predicted molar refractivity (Wildman–Crippen MR) is 165 cm³/mol. The molecule has 2 aliphatic rings. The molecule has 5 aromatic rings. The Morgan fingerprint density at radius 1 is 0.884 bits per heavy atom. The van der Waals surface area contributed by atoms with E-state index in [0.29, 0.717) is 5.88 Å². The first-order valence-corrected chi connectivity index (χ1v) is 14.6. The molecule has 1 aliphatic heterocycles. The van der Waals surface area contributed by atoms with Crippen molar-refractivity contribution < 1.29 is 14.6 Å². The third kappa shape index (κ3) is 4.45. The first-order chi connectivity index (χ1) is 20.8. The van der Waals surface area contributed by atoms with Crippen LogP contribution in [0.5, 0.6) is 5.88 Å². The van der Waals surface area contributed by atoms with E-state index in [4.69, 9.17) is 9.72 Å². The largest absolute Gasteiger partial charge is 0.468 e. The molecule has 0 bridgehead atoms. The van der Waals surface area contributed by atoms with Crippen molar-refractivity contribution >= 4 is 6.09 Å². The number of fused-ring (bicyclic) bond motifs is 3. The van der Waals surface area contributed by atoms with Crippen LogP contribution in [0, 0.1) is 0 Å². The number of pyridine rings is 1. The van der Waals surface area contributed by atoms with Gasteiger partial charge in [-0.2, -0.15) is 0 Å². The highest BCUT2D eigenvalue weighted by Crippen LogP contribution is 2.50. The lowest BCUT2D eigenvalue weighted by molar-refractivity contribution is -0.0328. The lowest BCUT2D eigenvalue weighted by Crippen LogP contribution is -2.60. The van der Waals surface area contributed by atoms with E-state index >= 15 is 0 Å². The zero-order valence-corrected chi connectivity index (χ0v) is 24.5. The highest BCUT2D eigenvalue weighted by molar-refractivity contribution is 5.84. The fraction of sp³-hybridized carbons (Fsp3) is 0.257. The van der Waals surface area contributed by atoms with Crippen LogP contribution in [0.25, 0.3) is 39.5 Å². The minimum absolute atomic E-state index is 0.267. The quantitative estimate of drug-likeness (QED) is 0.232. The average molecular weight is 572 g/mol. The maximum Gasteiger partial charge on any atom is 0.408 e. The number of aromatic nitrogens is 4. The van der Waals surface area contributed by atoms with Gasteiger partial charge in [0.1, 0.15) is 5.69 Å². The summed E-state index contributed by atoms with van der Waals surface area (Å²) in [6.07, 6.45) is 1.72. The second kappa shape index (κ2) is 10.1. The molecule has 0 spiro atoms. The molecule has 1 amide bonds. The van der Waals surface area contributed by atoms with Gasteiger partial charge in [-0.05, 0) is 57.2 Å². The number of ether oxygens (including phenoxy) is 1. The maximum atomic E-state index is 12.5. The van der Waals surface area contributed by atoms with Crippen molar-refractivity contribution in [3.8, 4) is 45.3 Å². The van der Waals surface area contributed by atoms with Crippen LogP contribution in [0.1, 0.15) is 51.4 Å². The van der Waals surface area contributed by atoms with Gasteiger partial charge >= 0.3 is 6.09 Å². The van der Waals surface area contributed by atoms with Gasteiger partial charge in [-0.25, -0.2) is 9.78 Å². The molecular weight excluding hydrogens is 538 g/mol. The number of benzene rings is 3. The van der Waals surface area contributed by atoms with Gasteiger partial charge in [0.15, 0.2) is 18.3 Å². The van der Waals surface area contributed by atoms with Crippen LogP contribution in [0.4, 0.5) is 4.79 Å². The number of amides is 1. The summed E-state index contributed by atoms with van der Waals surface area (Å²) >= 11 is 0. The Morgan fingerprint density at radius 3 is 2.12 bits per heavy atom. The Balaban J connectivity index is 1.36. The van der Waals surface area contributed by atoms with Gasteiger partial charge < -0.3 is 9.84 Å². The van der Waals surface area contributed by atoms with E-state index in [9.17, 15) is 9.90 Å². The molecule has 0 unspecified atom stereocenters. The molecule has 0 radical (unpaired) electrons. The third-order valence-electron chi connectivity index (χ3n) is 8.56. The van der Waals surface area contributed by atoms with Crippen LogP contribution in [0.2, 0.25) is 0 Å². The number of rotatable bonds is 5. The first kappa shape index (κ1) is 26.9. The monoisotopic (exact) mass is 571 g/mol. The first-order valence-electron chi connectivity index (χ1n) is 14.6. The summed E-state index contributed by atoms with van der Waals surface area (Å²) < 4.78 is 8.18. The topological polar surface area (TPSA) is 93.4 Å². The zero-order chi connectivity index (χ0) is 29.8. The summed E-state index contributed by atoms with van der Waals surface area (Å²) in [6.45, 7) is 6.15. The molecule has 7 rings (SSSR count). The Bertz CT molecular complexity index is 1800. The van der Waals surface area contributed by atoms with Crippen molar-refractivity contribution in [1.82, 2.24) is 24.6 Å². The van der Waals surface area contributed by atoms with E-state index in [1.165, 1.54) is 0 Å². The van der Waals surface area contributed by atoms with Crippen LogP contribution in [-0.4, -0.2) is 41.4 Å². The molecule has 1 aliphatic carbocycles. The van der Waals surface area contributed by atoms with Crippen molar-refractivity contribution in [3.63, 3.8) is 0 Å². The van der Waals surface area contributed by atoms with E-state index in [-0.39, 0.29) is 6.61 Å². The Kier molecular flexibility index (Phi) is 6.31. The second-order valence-electron chi connectivity index (χ2n) is 12.3. The summed E-state index contributed by atoms with van der Waals surface area (Å²) in [4.78, 5) is 19.2. The molecular formula is C35H33N5O3. The lowest BCUT2D eigenvalue weighted by Gasteiger charge is -2.54. The fourth-order valence-electron chi connectivity index (χ4n) is 6.58. The van der Waals surface area contributed by atoms with E-state index in [0.717, 1.165) is 70.1 Å². The van der Waals surface area contributed by atoms with Crippen LogP contribution in [0.3, 0.4) is 0 Å². The van der Waals surface area contributed by atoms with Crippen LogP contribution in [-0.2, 0) is 12.1 Å². The summed E-state index contributed by atoms with van der Waals surface area (Å²) in [5, 5.41) is 19.1. The van der Waals surface area contributed by atoms with Crippen molar-refractivity contribution in [2.75, 3.05) is 0 Å². The molecule has 216 valence electrons. The van der Waals surface area contributed by atoms with E-state index in [2.05, 4.69) is 52.7 Å². The second-order valence-corrected chi connectivity index (χ2v) is 12.3. The number of hydrogen-bond donors (Lipinski definition) is 1. The minimum atomic E-state index is -0.889. The highest BCUT2D eigenvalue weighted by Gasteiger charge is 2.50. The molecule has 43 heavy (non-hydrogen) atoms. The van der Waals surface area contributed by atoms with Crippen molar-refractivity contribution in [3.05, 3.63) is 102 Å². The number of carboxylic acid groups (broad SMARTS) is 1. The minimum Gasteiger partial charge on any atom is -0.468 e. The van der Waals surface area contributed by atoms with Gasteiger partial charge in [-0.1, -0.05) is 84.9 Å².